The Labute approximate surface area is 197 Å². The van der Waals surface area contributed by atoms with Crippen molar-refractivity contribution in [2.75, 3.05) is 13.1 Å². The van der Waals surface area contributed by atoms with Gasteiger partial charge in [-0.05, 0) is 66.6 Å². The van der Waals surface area contributed by atoms with Gasteiger partial charge in [-0.3, -0.25) is 4.79 Å². The number of rotatable bonds is 6. The molecule has 172 valence electrons. The lowest BCUT2D eigenvalue weighted by Gasteiger charge is -2.16. The van der Waals surface area contributed by atoms with Crippen LogP contribution in [0.4, 0.5) is 0 Å². The van der Waals surface area contributed by atoms with Gasteiger partial charge in [0.25, 0.3) is 0 Å². The second-order valence-electron chi connectivity index (χ2n) is 9.22. The van der Waals surface area contributed by atoms with E-state index in [2.05, 4.69) is 22.3 Å². The second kappa shape index (κ2) is 8.44. The van der Waals surface area contributed by atoms with Crippen LogP contribution in [0.3, 0.4) is 0 Å². The Balaban J connectivity index is 1.14. The predicted octanol–water partition coefficient (Wildman–Crippen LogP) is 3.15. The molecule has 2 aromatic carbocycles. The van der Waals surface area contributed by atoms with Crippen LogP contribution in [-0.2, 0) is 11.3 Å². The summed E-state index contributed by atoms with van der Waals surface area (Å²) in [6, 6.07) is 18.0. The first-order valence-electron chi connectivity index (χ1n) is 11.8. The van der Waals surface area contributed by atoms with Crippen LogP contribution in [0.2, 0.25) is 0 Å². The smallest absolute Gasteiger partial charge is 0.342 e. The quantitative estimate of drug-likeness (QED) is 0.448. The molecule has 0 spiro atoms. The molecule has 2 aromatic heterocycles. The van der Waals surface area contributed by atoms with Gasteiger partial charge in [0.05, 0.1) is 17.9 Å². The Morgan fingerprint density at radius 3 is 2.26 bits per heavy atom. The molecule has 0 bridgehead atoms. The Morgan fingerprint density at radius 1 is 0.912 bits per heavy atom. The molecule has 6 rings (SSSR count). The van der Waals surface area contributed by atoms with Crippen LogP contribution in [0.1, 0.15) is 19.3 Å². The van der Waals surface area contributed by atoms with E-state index in [-0.39, 0.29) is 23.4 Å². The molecule has 1 amide bonds. The summed E-state index contributed by atoms with van der Waals surface area (Å²) in [5.41, 5.74) is 3.81. The molecule has 1 atom stereocenters. The molecule has 1 aliphatic carbocycles. The van der Waals surface area contributed by atoms with E-state index in [0.717, 1.165) is 54.9 Å². The molecule has 3 heterocycles. The van der Waals surface area contributed by atoms with Gasteiger partial charge in [-0.15, -0.1) is 0 Å². The average Bonchev–Trinajstić information content (AvgIpc) is 3.22. The van der Waals surface area contributed by atoms with E-state index in [9.17, 15) is 9.59 Å². The Morgan fingerprint density at radius 2 is 1.62 bits per heavy atom. The highest BCUT2D eigenvalue weighted by Gasteiger charge is 2.36. The van der Waals surface area contributed by atoms with Gasteiger partial charge >= 0.3 is 5.69 Å². The highest BCUT2D eigenvalue weighted by atomic mass is 16.2. The number of aromatic nitrogens is 5. The number of hydrogen-bond donors (Lipinski definition) is 0. The first-order chi connectivity index (χ1) is 16.7. The maximum atomic E-state index is 13.0. The fraction of sp³-hybridized carbons (Fsp3) is 0.308. The molecule has 4 aromatic rings. The van der Waals surface area contributed by atoms with Gasteiger partial charge in [0, 0.05) is 31.4 Å². The summed E-state index contributed by atoms with van der Waals surface area (Å²) in [5.74, 6) is 0.810. The van der Waals surface area contributed by atoms with Crippen molar-refractivity contribution in [1.82, 2.24) is 29.0 Å². The molecule has 1 saturated carbocycles. The zero-order chi connectivity index (χ0) is 23.1. The third kappa shape index (κ3) is 3.96. The van der Waals surface area contributed by atoms with Crippen LogP contribution < -0.4 is 5.69 Å². The summed E-state index contributed by atoms with van der Waals surface area (Å²) >= 11 is 0. The first-order valence-corrected chi connectivity index (χ1v) is 11.8. The molecular weight excluding hydrogens is 428 g/mol. The molecule has 1 aliphatic heterocycles. The van der Waals surface area contributed by atoms with E-state index >= 15 is 0 Å². The minimum atomic E-state index is -0.150. The minimum Gasteiger partial charge on any atom is -0.342 e. The van der Waals surface area contributed by atoms with Crippen molar-refractivity contribution in [3.05, 3.63) is 83.8 Å². The second-order valence-corrected chi connectivity index (χ2v) is 9.22. The summed E-state index contributed by atoms with van der Waals surface area (Å²) in [5, 5.41) is 8.60. The summed E-state index contributed by atoms with van der Waals surface area (Å²) < 4.78 is 4.93. The Kier molecular flexibility index (Phi) is 5.13. The van der Waals surface area contributed by atoms with Crippen molar-refractivity contribution in [3.8, 4) is 22.5 Å². The topological polar surface area (TPSA) is 78.0 Å². The normalized spacial score (nSPS) is 17.9. The van der Waals surface area contributed by atoms with Crippen LogP contribution in [0, 0.1) is 11.8 Å². The molecule has 0 radical (unpaired) electrons. The van der Waals surface area contributed by atoms with E-state index in [1.807, 2.05) is 58.2 Å². The number of carbonyl (C=O) groups is 1. The van der Waals surface area contributed by atoms with Crippen LogP contribution in [0.5, 0.6) is 0 Å². The molecular formula is C26H26N6O2. The predicted molar refractivity (Wildman–Crippen MR) is 128 cm³/mol. The minimum absolute atomic E-state index is 0.150. The average molecular weight is 455 g/mol. The molecule has 1 saturated heterocycles. The van der Waals surface area contributed by atoms with Crippen molar-refractivity contribution in [3.63, 3.8) is 0 Å². The number of benzene rings is 2. The number of likely N-dealkylation sites (tertiary alicyclic amines) is 1. The molecule has 8 heteroatoms. The van der Waals surface area contributed by atoms with E-state index in [1.165, 1.54) is 4.68 Å². The fourth-order valence-electron chi connectivity index (χ4n) is 4.70. The SMILES string of the molecule is O=C(C1CC1)N1CC[C@H](Cn2ncn(-c3ccc(-c4ccc(-n5cccn5)cc4)cc3)c2=O)C1. The monoisotopic (exact) mass is 454 g/mol. The molecule has 34 heavy (non-hydrogen) atoms. The van der Waals surface area contributed by atoms with Gasteiger partial charge < -0.3 is 4.90 Å². The Bertz CT molecular complexity index is 1350. The van der Waals surface area contributed by atoms with Gasteiger partial charge in [-0.25, -0.2) is 18.7 Å². The van der Waals surface area contributed by atoms with Crippen molar-refractivity contribution >= 4 is 5.91 Å². The number of carbonyl (C=O) groups excluding carboxylic acids is 1. The highest BCUT2D eigenvalue weighted by molar-refractivity contribution is 5.81. The van der Waals surface area contributed by atoms with Crippen molar-refractivity contribution in [2.24, 2.45) is 11.8 Å². The van der Waals surface area contributed by atoms with E-state index in [0.29, 0.717) is 6.54 Å². The van der Waals surface area contributed by atoms with E-state index in [4.69, 9.17) is 0 Å². The lowest BCUT2D eigenvalue weighted by atomic mass is 10.1. The lowest BCUT2D eigenvalue weighted by Crippen LogP contribution is -2.32. The van der Waals surface area contributed by atoms with Crippen LogP contribution >= 0.6 is 0 Å². The van der Waals surface area contributed by atoms with Crippen LogP contribution in [0.15, 0.2) is 78.1 Å². The molecule has 2 aliphatic rings. The van der Waals surface area contributed by atoms with Gasteiger partial charge in [0.1, 0.15) is 6.33 Å². The van der Waals surface area contributed by atoms with Crippen molar-refractivity contribution in [1.29, 1.82) is 0 Å². The van der Waals surface area contributed by atoms with Crippen molar-refractivity contribution < 1.29 is 4.79 Å². The molecule has 0 unspecified atom stereocenters. The first kappa shape index (κ1) is 20.7. The maximum Gasteiger partial charge on any atom is 0.350 e. The fourth-order valence-corrected chi connectivity index (χ4v) is 4.70. The maximum absolute atomic E-state index is 13.0. The van der Waals surface area contributed by atoms with Crippen LogP contribution in [0.25, 0.3) is 22.5 Å². The van der Waals surface area contributed by atoms with Gasteiger partial charge in [-0.2, -0.15) is 10.2 Å². The zero-order valence-corrected chi connectivity index (χ0v) is 18.8. The Hall–Kier alpha value is -3.94. The molecule has 8 nitrogen and oxygen atoms in total. The number of nitrogens with zero attached hydrogens (tertiary/aromatic N) is 6. The van der Waals surface area contributed by atoms with Gasteiger partial charge in [0.15, 0.2) is 0 Å². The summed E-state index contributed by atoms with van der Waals surface area (Å²) in [6.45, 7) is 2.06. The zero-order valence-electron chi connectivity index (χ0n) is 18.8. The summed E-state index contributed by atoms with van der Waals surface area (Å²) in [6.07, 6.45) is 8.23. The largest absolute Gasteiger partial charge is 0.350 e. The van der Waals surface area contributed by atoms with E-state index in [1.54, 1.807) is 17.1 Å². The summed E-state index contributed by atoms with van der Waals surface area (Å²) in [4.78, 5) is 27.2. The van der Waals surface area contributed by atoms with Gasteiger partial charge in [0.2, 0.25) is 5.91 Å². The number of amides is 1. The molecule has 2 fully saturated rings. The van der Waals surface area contributed by atoms with Crippen LogP contribution in [-0.4, -0.2) is 48.0 Å². The lowest BCUT2D eigenvalue weighted by molar-refractivity contribution is -0.131. The summed E-state index contributed by atoms with van der Waals surface area (Å²) in [7, 11) is 0. The van der Waals surface area contributed by atoms with E-state index < -0.39 is 0 Å². The standard InChI is InChI=1S/C26H26N6O2/c33-25(22-2-3-22)29-15-12-19(16-29)17-32-26(34)30(18-28-32)23-8-4-20(5-9-23)21-6-10-24(11-7-21)31-14-1-13-27-31/h1,4-11,13-14,18-19,22H,2-3,12,15-17H2/t19-/m0/s1. The third-order valence-electron chi connectivity index (χ3n) is 6.80. The molecule has 0 N–H and O–H groups in total. The number of hydrogen-bond acceptors (Lipinski definition) is 4. The van der Waals surface area contributed by atoms with Crippen molar-refractivity contribution in [2.45, 2.75) is 25.8 Å². The highest BCUT2D eigenvalue weighted by Crippen LogP contribution is 2.33. The van der Waals surface area contributed by atoms with Gasteiger partial charge in [-0.1, -0.05) is 24.3 Å². The third-order valence-corrected chi connectivity index (χ3v) is 6.80.